The third-order valence-electron chi connectivity index (χ3n) is 1.51. The summed E-state index contributed by atoms with van der Waals surface area (Å²) < 4.78 is 1.76. The van der Waals surface area contributed by atoms with Crippen LogP contribution in [0.3, 0.4) is 0 Å². The highest BCUT2D eigenvalue weighted by Crippen LogP contribution is 1.99. The molecule has 0 aliphatic rings. The second-order valence-corrected chi connectivity index (χ2v) is 2.26. The van der Waals surface area contributed by atoms with E-state index >= 15 is 0 Å². The van der Waals surface area contributed by atoms with Crippen molar-refractivity contribution in [2.24, 2.45) is 5.73 Å². The lowest BCUT2D eigenvalue weighted by atomic mass is 10.5. The summed E-state index contributed by atoms with van der Waals surface area (Å²) >= 11 is 0. The first kappa shape index (κ1) is 6.30. The molecule has 0 aliphatic heterocycles. The molecule has 2 aromatic rings. The van der Waals surface area contributed by atoms with E-state index in [-0.39, 0.29) is 0 Å². The maximum Gasteiger partial charge on any atom is 0.162 e. The van der Waals surface area contributed by atoms with Crippen molar-refractivity contribution in [2.75, 3.05) is 0 Å². The first-order chi connectivity index (χ1) is 5.40. The van der Waals surface area contributed by atoms with Crippen LogP contribution in [0.1, 0.15) is 5.82 Å². The van der Waals surface area contributed by atoms with Crippen LogP contribution < -0.4 is 5.73 Å². The van der Waals surface area contributed by atoms with Gasteiger partial charge in [0.05, 0.1) is 18.3 Å². The normalized spacial score (nSPS) is 10.6. The van der Waals surface area contributed by atoms with Gasteiger partial charge < -0.3 is 5.73 Å². The number of hydrogen-bond donors (Lipinski definition) is 1. The number of aromatic nitrogens is 3. The van der Waals surface area contributed by atoms with Crippen LogP contribution >= 0.6 is 0 Å². The summed E-state index contributed by atoms with van der Waals surface area (Å²) in [5.41, 5.74) is 6.36. The van der Waals surface area contributed by atoms with Crippen LogP contribution in [0.15, 0.2) is 24.5 Å². The summed E-state index contributed by atoms with van der Waals surface area (Å²) in [7, 11) is 0. The molecule has 0 saturated heterocycles. The van der Waals surface area contributed by atoms with E-state index in [0.717, 1.165) is 5.52 Å². The molecule has 4 nitrogen and oxygen atoms in total. The molecule has 2 heterocycles. The lowest BCUT2D eigenvalue weighted by Crippen LogP contribution is -2.05. The van der Waals surface area contributed by atoms with Gasteiger partial charge in [0.1, 0.15) is 0 Å². The van der Waals surface area contributed by atoms with E-state index in [1.807, 2.05) is 18.3 Å². The van der Waals surface area contributed by atoms with Gasteiger partial charge in [-0.1, -0.05) is 0 Å². The molecule has 2 rings (SSSR count). The lowest BCUT2D eigenvalue weighted by molar-refractivity contribution is 0.799. The van der Waals surface area contributed by atoms with Gasteiger partial charge in [-0.15, -0.1) is 0 Å². The number of rotatable bonds is 1. The Labute approximate surface area is 63.7 Å². The van der Waals surface area contributed by atoms with Gasteiger partial charge in [-0.25, -0.2) is 9.50 Å². The first-order valence-corrected chi connectivity index (χ1v) is 3.39. The van der Waals surface area contributed by atoms with Crippen LogP contribution in [0.5, 0.6) is 0 Å². The highest BCUT2D eigenvalue weighted by atomic mass is 15.2. The van der Waals surface area contributed by atoms with Crippen molar-refractivity contribution in [3.8, 4) is 0 Å². The topological polar surface area (TPSA) is 56.2 Å². The molecular formula is C7H8N4. The standard InChI is InChI=1S/C7H8N4/c8-4-7-9-5-6-2-1-3-11(6)10-7/h1-3,5H,4,8H2. The smallest absolute Gasteiger partial charge is 0.162 e. The molecule has 0 bridgehead atoms. The minimum absolute atomic E-state index is 0.383. The number of fused-ring (bicyclic) bond motifs is 1. The molecule has 0 saturated carbocycles. The van der Waals surface area contributed by atoms with Gasteiger partial charge in [-0.2, -0.15) is 5.10 Å². The molecular weight excluding hydrogens is 140 g/mol. The Hall–Kier alpha value is -1.42. The van der Waals surface area contributed by atoms with Crippen LogP contribution in [-0.4, -0.2) is 14.6 Å². The predicted octanol–water partition coefficient (Wildman–Crippen LogP) is 0.188. The Morgan fingerprint density at radius 2 is 2.45 bits per heavy atom. The average molecular weight is 148 g/mol. The molecule has 0 aliphatic carbocycles. The molecule has 0 radical (unpaired) electrons. The minimum Gasteiger partial charge on any atom is -0.324 e. The highest BCUT2D eigenvalue weighted by Gasteiger charge is 1.94. The van der Waals surface area contributed by atoms with E-state index in [2.05, 4.69) is 10.1 Å². The summed E-state index contributed by atoms with van der Waals surface area (Å²) in [6, 6.07) is 3.87. The van der Waals surface area contributed by atoms with Crippen molar-refractivity contribution in [1.29, 1.82) is 0 Å². The van der Waals surface area contributed by atoms with Gasteiger partial charge in [0, 0.05) is 6.20 Å². The molecule has 56 valence electrons. The fraction of sp³-hybridized carbons (Fsp3) is 0.143. The summed E-state index contributed by atoms with van der Waals surface area (Å²) in [5, 5.41) is 4.13. The van der Waals surface area contributed by atoms with E-state index in [1.165, 1.54) is 0 Å². The van der Waals surface area contributed by atoms with Crippen molar-refractivity contribution < 1.29 is 0 Å². The zero-order valence-electron chi connectivity index (χ0n) is 5.94. The lowest BCUT2D eigenvalue weighted by Gasteiger charge is -1.95. The maximum atomic E-state index is 5.37. The fourth-order valence-corrected chi connectivity index (χ4v) is 0.963. The van der Waals surface area contributed by atoms with Crippen LogP contribution in [-0.2, 0) is 6.54 Å². The van der Waals surface area contributed by atoms with Crippen LogP contribution in [0.2, 0.25) is 0 Å². The van der Waals surface area contributed by atoms with Gasteiger partial charge in [0.25, 0.3) is 0 Å². The quantitative estimate of drug-likeness (QED) is 0.628. The summed E-state index contributed by atoms with van der Waals surface area (Å²) in [4.78, 5) is 4.04. The maximum absolute atomic E-state index is 5.37. The fourth-order valence-electron chi connectivity index (χ4n) is 0.963. The second kappa shape index (κ2) is 2.32. The summed E-state index contributed by atoms with van der Waals surface area (Å²) in [6.45, 7) is 0.383. The van der Waals surface area contributed by atoms with Gasteiger partial charge in [0.2, 0.25) is 0 Å². The van der Waals surface area contributed by atoms with E-state index < -0.39 is 0 Å². The number of nitrogens with zero attached hydrogens (tertiary/aromatic N) is 3. The van der Waals surface area contributed by atoms with Gasteiger partial charge in [-0.05, 0) is 12.1 Å². The van der Waals surface area contributed by atoms with Crippen LogP contribution in [0.25, 0.3) is 5.52 Å². The monoisotopic (exact) mass is 148 g/mol. The van der Waals surface area contributed by atoms with Crippen molar-refractivity contribution >= 4 is 5.52 Å². The third-order valence-corrected chi connectivity index (χ3v) is 1.51. The molecule has 0 unspecified atom stereocenters. The molecule has 0 amide bonds. The zero-order valence-corrected chi connectivity index (χ0v) is 5.94. The number of nitrogens with two attached hydrogens (primary N) is 1. The van der Waals surface area contributed by atoms with E-state index in [0.29, 0.717) is 12.4 Å². The third kappa shape index (κ3) is 0.969. The zero-order chi connectivity index (χ0) is 7.68. The molecule has 0 fully saturated rings. The first-order valence-electron chi connectivity index (χ1n) is 3.39. The van der Waals surface area contributed by atoms with Gasteiger partial charge >= 0.3 is 0 Å². The highest BCUT2D eigenvalue weighted by molar-refractivity contribution is 5.43. The molecule has 4 heteroatoms. The number of hydrogen-bond acceptors (Lipinski definition) is 3. The minimum atomic E-state index is 0.383. The Balaban J connectivity index is 2.67. The molecule has 2 aromatic heterocycles. The molecule has 0 atom stereocenters. The van der Waals surface area contributed by atoms with Crippen LogP contribution in [0.4, 0.5) is 0 Å². The summed E-state index contributed by atoms with van der Waals surface area (Å²) in [6.07, 6.45) is 3.63. The second-order valence-electron chi connectivity index (χ2n) is 2.26. The van der Waals surface area contributed by atoms with E-state index in [9.17, 15) is 0 Å². The average Bonchev–Trinajstić information content (AvgIpc) is 2.50. The Bertz CT molecular complexity index is 365. The van der Waals surface area contributed by atoms with Gasteiger partial charge in [-0.3, -0.25) is 0 Å². The van der Waals surface area contributed by atoms with Crippen molar-refractivity contribution in [1.82, 2.24) is 14.6 Å². The molecule has 0 spiro atoms. The molecule has 0 aromatic carbocycles. The van der Waals surface area contributed by atoms with E-state index in [4.69, 9.17) is 5.73 Å². The molecule has 2 N–H and O–H groups in total. The van der Waals surface area contributed by atoms with Crippen LogP contribution in [0, 0.1) is 0 Å². The largest absolute Gasteiger partial charge is 0.324 e. The SMILES string of the molecule is NCc1ncc2cccn2n1. The van der Waals surface area contributed by atoms with Crippen molar-refractivity contribution in [3.63, 3.8) is 0 Å². The van der Waals surface area contributed by atoms with Crippen molar-refractivity contribution in [3.05, 3.63) is 30.4 Å². The Morgan fingerprint density at radius 3 is 3.27 bits per heavy atom. The summed E-state index contributed by atoms with van der Waals surface area (Å²) in [5.74, 6) is 0.661. The van der Waals surface area contributed by atoms with Gasteiger partial charge in [0.15, 0.2) is 5.82 Å². The predicted molar refractivity (Wildman–Crippen MR) is 40.9 cm³/mol. The molecule has 11 heavy (non-hydrogen) atoms. The van der Waals surface area contributed by atoms with E-state index in [1.54, 1.807) is 10.7 Å². The Kier molecular flexibility index (Phi) is 1.33. The van der Waals surface area contributed by atoms with Crippen molar-refractivity contribution in [2.45, 2.75) is 6.54 Å². The Morgan fingerprint density at radius 1 is 1.55 bits per heavy atom.